The first-order valence-electron chi connectivity index (χ1n) is 11.7. The van der Waals surface area contributed by atoms with E-state index >= 15 is 0 Å². The van der Waals surface area contributed by atoms with Crippen LogP contribution in [0.3, 0.4) is 0 Å². The van der Waals surface area contributed by atoms with Crippen LogP contribution in [-0.4, -0.2) is 4.98 Å². The standard InChI is InChI=1S/C31H27NS2/c1-18-17-33-30-22(18)11-8-12-24(30)29-19(2)27-26(34-29)13-14-32-28(27)21-15-20-9-6-7-10-23(20)25(16-21)31(3,4)5/h6-17H,1-5H3. The molecule has 6 rings (SSSR count). The zero-order valence-corrected chi connectivity index (χ0v) is 21.8. The summed E-state index contributed by atoms with van der Waals surface area (Å²) >= 11 is 3.74. The number of hydrogen-bond acceptors (Lipinski definition) is 3. The highest BCUT2D eigenvalue weighted by Gasteiger charge is 2.21. The molecule has 6 aromatic rings. The Morgan fingerprint density at radius 3 is 2.47 bits per heavy atom. The molecular weight excluding hydrogens is 450 g/mol. The van der Waals surface area contributed by atoms with Gasteiger partial charge in [0.05, 0.1) is 5.69 Å². The topological polar surface area (TPSA) is 12.9 Å². The van der Waals surface area contributed by atoms with Crippen LogP contribution >= 0.6 is 22.7 Å². The van der Waals surface area contributed by atoms with E-state index in [-0.39, 0.29) is 5.41 Å². The monoisotopic (exact) mass is 477 g/mol. The summed E-state index contributed by atoms with van der Waals surface area (Å²) in [4.78, 5) is 6.31. The van der Waals surface area contributed by atoms with Crippen molar-refractivity contribution < 1.29 is 0 Å². The zero-order valence-electron chi connectivity index (χ0n) is 20.2. The average Bonchev–Trinajstić information content (AvgIpc) is 3.37. The number of aryl methyl sites for hydroxylation is 2. The maximum atomic E-state index is 4.95. The van der Waals surface area contributed by atoms with E-state index in [0.717, 1.165) is 5.69 Å². The van der Waals surface area contributed by atoms with Gasteiger partial charge in [-0.05, 0) is 75.7 Å². The molecule has 34 heavy (non-hydrogen) atoms. The fraction of sp³-hybridized carbons (Fsp3) is 0.194. The summed E-state index contributed by atoms with van der Waals surface area (Å²) in [6.45, 7) is 11.4. The molecule has 0 bridgehead atoms. The minimum atomic E-state index is 0.0467. The summed E-state index contributed by atoms with van der Waals surface area (Å²) in [6, 6.07) is 22.3. The van der Waals surface area contributed by atoms with Gasteiger partial charge in [0, 0.05) is 37.0 Å². The van der Waals surface area contributed by atoms with Crippen LogP contribution in [0.1, 0.15) is 37.5 Å². The fourth-order valence-electron chi connectivity index (χ4n) is 5.10. The summed E-state index contributed by atoms with van der Waals surface area (Å²) in [5, 5.41) is 7.52. The number of aromatic nitrogens is 1. The van der Waals surface area contributed by atoms with Crippen molar-refractivity contribution in [2.75, 3.05) is 0 Å². The van der Waals surface area contributed by atoms with Crippen LogP contribution < -0.4 is 0 Å². The van der Waals surface area contributed by atoms with Crippen LogP contribution in [0.5, 0.6) is 0 Å². The minimum Gasteiger partial charge on any atom is -0.256 e. The average molecular weight is 478 g/mol. The Morgan fingerprint density at radius 2 is 1.65 bits per heavy atom. The molecule has 0 saturated heterocycles. The lowest BCUT2D eigenvalue weighted by molar-refractivity contribution is 0.596. The molecule has 0 aliphatic carbocycles. The number of rotatable bonds is 2. The molecule has 0 radical (unpaired) electrons. The van der Waals surface area contributed by atoms with Gasteiger partial charge < -0.3 is 0 Å². The van der Waals surface area contributed by atoms with Gasteiger partial charge in [-0.15, -0.1) is 22.7 Å². The summed E-state index contributed by atoms with van der Waals surface area (Å²) in [7, 11) is 0. The highest BCUT2D eigenvalue weighted by Crippen LogP contribution is 2.46. The Labute approximate surface area is 208 Å². The van der Waals surface area contributed by atoms with Crippen molar-refractivity contribution in [2.24, 2.45) is 0 Å². The van der Waals surface area contributed by atoms with E-state index in [1.807, 2.05) is 28.9 Å². The molecule has 0 spiro atoms. The predicted molar refractivity (Wildman–Crippen MR) is 152 cm³/mol. The molecule has 168 valence electrons. The van der Waals surface area contributed by atoms with Crippen molar-refractivity contribution in [3.63, 3.8) is 0 Å². The lowest BCUT2D eigenvalue weighted by Gasteiger charge is -2.23. The molecule has 0 saturated carbocycles. The number of thiophene rings is 2. The first kappa shape index (κ1) is 21.5. The van der Waals surface area contributed by atoms with E-state index < -0.39 is 0 Å². The quantitative estimate of drug-likeness (QED) is 0.242. The van der Waals surface area contributed by atoms with Gasteiger partial charge in [-0.2, -0.15) is 0 Å². The molecule has 1 nitrogen and oxygen atoms in total. The Morgan fingerprint density at radius 1 is 0.853 bits per heavy atom. The molecule has 0 amide bonds. The van der Waals surface area contributed by atoms with Gasteiger partial charge >= 0.3 is 0 Å². The second-order valence-corrected chi connectivity index (χ2v) is 12.1. The molecular formula is C31H27NS2. The molecule has 0 aliphatic rings. The first-order chi connectivity index (χ1) is 16.3. The summed E-state index contributed by atoms with van der Waals surface area (Å²) in [5.41, 5.74) is 7.72. The Balaban J connectivity index is 1.63. The molecule has 3 heteroatoms. The number of benzene rings is 3. The van der Waals surface area contributed by atoms with Gasteiger partial charge in [0.1, 0.15) is 0 Å². The van der Waals surface area contributed by atoms with Gasteiger partial charge in [-0.1, -0.05) is 63.2 Å². The number of fused-ring (bicyclic) bond motifs is 3. The van der Waals surface area contributed by atoms with Gasteiger partial charge in [0.15, 0.2) is 0 Å². The van der Waals surface area contributed by atoms with E-state index in [0.29, 0.717) is 0 Å². The van der Waals surface area contributed by atoms with E-state index in [2.05, 4.69) is 101 Å². The molecule has 0 fully saturated rings. The first-order valence-corrected chi connectivity index (χ1v) is 13.4. The van der Waals surface area contributed by atoms with Crippen molar-refractivity contribution in [3.8, 4) is 21.7 Å². The van der Waals surface area contributed by atoms with Gasteiger partial charge in [0.25, 0.3) is 0 Å². The van der Waals surface area contributed by atoms with Crippen LogP contribution in [0.4, 0.5) is 0 Å². The van der Waals surface area contributed by atoms with Gasteiger partial charge in [0.2, 0.25) is 0 Å². The predicted octanol–water partition coefficient (Wildman–Crippen LogP) is 9.91. The van der Waals surface area contributed by atoms with Crippen molar-refractivity contribution in [2.45, 2.75) is 40.0 Å². The van der Waals surface area contributed by atoms with Crippen LogP contribution in [0.15, 0.2) is 72.2 Å². The van der Waals surface area contributed by atoms with Crippen LogP contribution in [0.2, 0.25) is 0 Å². The van der Waals surface area contributed by atoms with Gasteiger partial charge in [-0.25, -0.2) is 0 Å². The SMILES string of the molecule is Cc1csc2c(-c3sc4ccnc(-c5cc(C(C)(C)C)c6ccccc6c5)c4c3C)cccc12. The number of nitrogens with zero attached hydrogens (tertiary/aromatic N) is 1. The highest BCUT2D eigenvalue weighted by atomic mass is 32.1. The van der Waals surface area contributed by atoms with Crippen LogP contribution in [0.25, 0.3) is 52.6 Å². The lowest BCUT2D eigenvalue weighted by Crippen LogP contribution is -2.12. The van der Waals surface area contributed by atoms with Crippen molar-refractivity contribution in [1.29, 1.82) is 0 Å². The minimum absolute atomic E-state index is 0.0467. The zero-order chi connectivity index (χ0) is 23.6. The highest BCUT2D eigenvalue weighted by molar-refractivity contribution is 7.23. The second kappa shape index (κ2) is 7.76. The smallest absolute Gasteiger partial charge is 0.0791 e. The molecule has 0 atom stereocenters. The van der Waals surface area contributed by atoms with Crippen LogP contribution in [-0.2, 0) is 5.41 Å². The van der Waals surface area contributed by atoms with Crippen molar-refractivity contribution >= 4 is 53.6 Å². The largest absolute Gasteiger partial charge is 0.256 e. The van der Waals surface area contributed by atoms with E-state index in [9.17, 15) is 0 Å². The number of hydrogen-bond donors (Lipinski definition) is 0. The van der Waals surface area contributed by atoms with Crippen LogP contribution in [0, 0.1) is 13.8 Å². The third-order valence-electron chi connectivity index (χ3n) is 6.82. The van der Waals surface area contributed by atoms with E-state index in [1.165, 1.54) is 63.6 Å². The summed E-state index contributed by atoms with van der Waals surface area (Å²) in [5.74, 6) is 0. The normalized spacial score (nSPS) is 12.3. The lowest BCUT2D eigenvalue weighted by atomic mass is 9.82. The molecule has 0 aliphatic heterocycles. The Kier molecular flexibility index (Phi) is 4.91. The second-order valence-electron chi connectivity index (χ2n) is 10.2. The van der Waals surface area contributed by atoms with E-state index in [1.54, 1.807) is 0 Å². The number of pyridine rings is 1. The summed E-state index contributed by atoms with van der Waals surface area (Å²) < 4.78 is 2.68. The van der Waals surface area contributed by atoms with Crippen molar-refractivity contribution in [3.05, 3.63) is 88.9 Å². The maximum absolute atomic E-state index is 4.95. The molecule has 3 heterocycles. The molecule has 0 N–H and O–H groups in total. The maximum Gasteiger partial charge on any atom is 0.0791 e. The van der Waals surface area contributed by atoms with Crippen molar-refractivity contribution in [1.82, 2.24) is 4.98 Å². The molecule has 0 unspecified atom stereocenters. The van der Waals surface area contributed by atoms with Gasteiger partial charge in [-0.3, -0.25) is 4.98 Å². The Bertz CT molecular complexity index is 1710. The molecule has 3 aromatic carbocycles. The third kappa shape index (κ3) is 3.30. The third-order valence-corrected chi connectivity index (χ3v) is 9.26. The fourth-order valence-corrected chi connectivity index (χ4v) is 7.47. The van der Waals surface area contributed by atoms with E-state index in [4.69, 9.17) is 4.98 Å². The Hall–Kier alpha value is -3.01. The summed E-state index contributed by atoms with van der Waals surface area (Å²) in [6.07, 6.45) is 1.97. The molecule has 3 aromatic heterocycles.